The first-order chi connectivity index (χ1) is 9.45. The molecule has 2 heterocycles. The van der Waals surface area contributed by atoms with E-state index in [1.807, 2.05) is 31.7 Å². The second-order valence-electron chi connectivity index (χ2n) is 4.65. The minimum atomic E-state index is -0.695. The Balaban J connectivity index is 2.33. The van der Waals surface area contributed by atoms with Gasteiger partial charge in [-0.25, -0.2) is 4.98 Å². The smallest absolute Gasteiger partial charge is 0.168 e. The lowest BCUT2D eigenvalue weighted by Crippen LogP contribution is -2.14. The van der Waals surface area contributed by atoms with Gasteiger partial charge in [-0.05, 0) is 29.1 Å². The molecule has 2 aromatic heterocycles. The average molecular weight is 357 g/mol. The van der Waals surface area contributed by atoms with Crippen LogP contribution in [0.5, 0.6) is 0 Å². The van der Waals surface area contributed by atoms with Crippen LogP contribution in [0, 0.1) is 6.92 Å². The third-order valence-electron chi connectivity index (χ3n) is 3.26. The van der Waals surface area contributed by atoms with Crippen LogP contribution >= 0.6 is 27.7 Å². The molecule has 0 bridgehead atoms. The van der Waals surface area contributed by atoms with Gasteiger partial charge >= 0.3 is 0 Å². The highest BCUT2D eigenvalue weighted by atomic mass is 79.9. The number of aliphatic hydroxyl groups excluding tert-OH is 1. The molecule has 2 aromatic rings. The third-order valence-corrected chi connectivity index (χ3v) is 4.57. The van der Waals surface area contributed by atoms with Crippen LogP contribution in [0.4, 0.5) is 0 Å². The number of aryl methyl sites for hydroxylation is 1. The van der Waals surface area contributed by atoms with E-state index in [-0.39, 0.29) is 5.92 Å². The standard InChI is InChI=1S/C13H17BrN4OS/c1-7-5-16-9(6-15-7)8(2)11(19)10-12(14)17-13(20-4)18(10)3/h5-6,8,11,19H,1-4H3. The Morgan fingerprint density at radius 3 is 2.55 bits per heavy atom. The molecule has 1 N–H and O–H groups in total. The second-order valence-corrected chi connectivity index (χ2v) is 6.17. The van der Waals surface area contributed by atoms with E-state index >= 15 is 0 Å². The molecule has 2 unspecified atom stereocenters. The molecule has 0 saturated carbocycles. The number of aliphatic hydroxyl groups is 1. The van der Waals surface area contributed by atoms with Crippen LogP contribution in [0.15, 0.2) is 22.2 Å². The number of aromatic nitrogens is 4. The zero-order chi connectivity index (χ0) is 14.9. The van der Waals surface area contributed by atoms with Crippen LogP contribution in [-0.4, -0.2) is 30.9 Å². The number of rotatable bonds is 4. The summed E-state index contributed by atoms with van der Waals surface area (Å²) >= 11 is 4.96. The van der Waals surface area contributed by atoms with Crippen LogP contribution in [0.2, 0.25) is 0 Å². The van der Waals surface area contributed by atoms with E-state index in [4.69, 9.17) is 0 Å². The fraction of sp³-hybridized carbons (Fsp3) is 0.462. The molecular formula is C13H17BrN4OS. The monoisotopic (exact) mass is 356 g/mol. The van der Waals surface area contributed by atoms with Gasteiger partial charge in [-0.2, -0.15) is 0 Å². The third kappa shape index (κ3) is 2.89. The van der Waals surface area contributed by atoms with Gasteiger partial charge in [-0.1, -0.05) is 18.7 Å². The van der Waals surface area contributed by atoms with Gasteiger partial charge in [-0.3, -0.25) is 9.97 Å². The summed E-state index contributed by atoms with van der Waals surface area (Å²) in [7, 11) is 1.90. The Bertz CT molecular complexity index is 599. The molecule has 0 fully saturated rings. The predicted octanol–water partition coefficient (Wildman–Crippen LogP) is 2.84. The Morgan fingerprint density at radius 1 is 1.35 bits per heavy atom. The van der Waals surface area contributed by atoms with E-state index < -0.39 is 6.10 Å². The predicted molar refractivity (Wildman–Crippen MR) is 82.8 cm³/mol. The van der Waals surface area contributed by atoms with Gasteiger partial charge in [0, 0.05) is 25.4 Å². The minimum Gasteiger partial charge on any atom is -0.386 e. The van der Waals surface area contributed by atoms with Crippen molar-refractivity contribution in [2.45, 2.75) is 31.0 Å². The normalized spacial score (nSPS) is 14.3. The van der Waals surface area contributed by atoms with E-state index in [1.165, 1.54) is 0 Å². The van der Waals surface area contributed by atoms with Crippen molar-refractivity contribution in [3.63, 3.8) is 0 Å². The highest BCUT2D eigenvalue weighted by Gasteiger charge is 2.26. The van der Waals surface area contributed by atoms with E-state index in [0.717, 1.165) is 22.2 Å². The molecule has 0 spiro atoms. The fourth-order valence-corrected chi connectivity index (χ4v) is 3.34. The quantitative estimate of drug-likeness (QED) is 0.853. The van der Waals surface area contributed by atoms with Crippen molar-refractivity contribution in [1.29, 1.82) is 0 Å². The number of hydrogen-bond donors (Lipinski definition) is 1. The highest BCUT2D eigenvalue weighted by molar-refractivity contribution is 9.10. The fourth-order valence-electron chi connectivity index (χ4n) is 2.00. The van der Waals surface area contributed by atoms with Gasteiger partial charge in [0.05, 0.1) is 17.1 Å². The summed E-state index contributed by atoms with van der Waals surface area (Å²) in [5.74, 6) is -0.162. The van der Waals surface area contributed by atoms with E-state index in [2.05, 4.69) is 30.9 Å². The Labute approximate surface area is 131 Å². The molecule has 5 nitrogen and oxygen atoms in total. The molecule has 0 aliphatic heterocycles. The largest absolute Gasteiger partial charge is 0.386 e. The zero-order valence-electron chi connectivity index (χ0n) is 11.8. The molecule has 0 saturated heterocycles. The molecule has 0 radical (unpaired) electrons. The molecule has 2 rings (SSSR count). The van der Waals surface area contributed by atoms with Crippen LogP contribution in [0.1, 0.15) is 36.0 Å². The molecule has 0 aliphatic rings. The first-order valence-electron chi connectivity index (χ1n) is 6.18. The lowest BCUT2D eigenvalue weighted by molar-refractivity contribution is 0.140. The summed E-state index contributed by atoms with van der Waals surface area (Å²) in [6.07, 6.45) is 4.69. The van der Waals surface area contributed by atoms with Crippen molar-refractivity contribution < 1.29 is 5.11 Å². The molecule has 108 valence electrons. The molecule has 0 amide bonds. The number of thioether (sulfide) groups is 1. The maximum absolute atomic E-state index is 10.6. The van der Waals surface area contributed by atoms with Crippen molar-refractivity contribution in [3.05, 3.63) is 34.1 Å². The Kier molecular flexibility index (Phi) is 4.82. The summed E-state index contributed by atoms with van der Waals surface area (Å²) in [4.78, 5) is 13.0. The van der Waals surface area contributed by atoms with E-state index in [0.29, 0.717) is 4.60 Å². The van der Waals surface area contributed by atoms with Gasteiger partial charge in [0.1, 0.15) is 10.7 Å². The van der Waals surface area contributed by atoms with Crippen molar-refractivity contribution in [3.8, 4) is 0 Å². The van der Waals surface area contributed by atoms with Crippen molar-refractivity contribution in [2.75, 3.05) is 6.26 Å². The molecule has 20 heavy (non-hydrogen) atoms. The van der Waals surface area contributed by atoms with Crippen molar-refractivity contribution in [1.82, 2.24) is 19.5 Å². The van der Waals surface area contributed by atoms with E-state index in [1.54, 1.807) is 24.2 Å². The molecule has 0 aromatic carbocycles. The summed E-state index contributed by atoms with van der Waals surface area (Å²) in [6, 6.07) is 0. The van der Waals surface area contributed by atoms with Crippen LogP contribution in [0.25, 0.3) is 0 Å². The highest BCUT2D eigenvalue weighted by Crippen LogP contribution is 2.35. The maximum Gasteiger partial charge on any atom is 0.168 e. The number of imidazole rings is 1. The molecule has 2 atom stereocenters. The van der Waals surface area contributed by atoms with Crippen molar-refractivity contribution >= 4 is 27.7 Å². The molecule has 7 heteroatoms. The van der Waals surface area contributed by atoms with Gasteiger partial charge in [0.25, 0.3) is 0 Å². The minimum absolute atomic E-state index is 0.162. The number of nitrogens with zero attached hydrogens (tertiary/aromatic N) is 4. The summed E-state index contributed by atoms with van der Waals surface area (Å²) in [5, 5.41) is 11.5. The average Bonchev–Trinajstić information content (AvgIpc) is 2.72. The van der Waals surface area contributed by atoms with Crippen LogP contribution in [-0.2, 0) is 7.05 Å². The van der Waals surface area contributed by atoms with Gasteiger partial charge < -0.3 is 9.67 Å². The first kappa shape index (κ1) is 15.5. The van der Waals surface area contributed by atoms with Gasteiger partial charge in [-0.15, -0.1) is 0 Å². The van der Waals surface area contributed by atoms with Crippen LogP contribution in [0.3, 0.4) is 0 Å². The molecule has 0 aliphatic carbocycles. The van der Waals surface area contributed by atoms with Gasteiger partial charge in [0.15, 0.2) is 5.16 Å². The van der Waals surface area contributed by atoms with Gasteiger partial charge in [0.2, 0.25) is 0 Å². The Hall–Kier alpha value is -0.920. The summed E-state index contributed by atoms with van der Waals surface area (Å²) in [5.41, 5.74) is 2.38. The van der Waals surface area contributed by atoms with Crippen LogP contribution < -0.4 is 0 Å². The lowest BCUT2D eigenvalue weighted by atomic mass is 9.99. The van der Waals surface area contributed by atoms with E-state index in [9.17, 15) is 5.11 Å². The SMILES string of the molecule is CSc1nc(Br)c(C(O)C(C)c2cnc(C)cn2)n1C. The summed E-state index contributed by atoms with van der Waals surface area (Å²) in [6.45, 7) is 3.82. The zero-order valence-corrected chi connectivity index (χ0v) is 14.2. The number of hydrogen-bond acceptors (Lipinski definition) is 5. The topological polar surface area (TPSA) is 63.8 Å². The lowest BCUT2D eigenvalue weighted by Gasteiger charge is -2.19. The first-order valence-corrected chi connectivity index (χ1v) is 8.20. The second kappa shape index (κ2) is 6.24. The summed E-state index contributed by atoms with van der Waals surface area (Å²) < 4.78 is 2.57. The maximum atomic E-state index is 10.6. The van der Waals surface area contributed by atoms with Crippen molar-refractivity contribution in [2.24, 2.45) is 7.05 Å². The molecular weight excluding hydrogens is 340 g/mol. The Morgan fingerprint density at radius 2 is 2.05 bits per heavy atom. The number of halogens is 1.